The molecule has 0 spiro atoms. The SMILES string of the molecule is Cc1ccc(C23CC2CN(C(=O)c2cnn4c2N[C@@H](c2ccccc2)CC4(C)C)C3)cc1. The highest BCUT2D eigenvalue weighted by molar-refractivity contribution is 5.99. The molecule has 0 bridgehead atoms. The zero-order valence-electron chi connectivity index (χ0n) is 19.0. The first-order valence-electron chi connectivity index (χ1n) is 11.6. The third-order valence-corrected chi connectivity index (χ3v) is 7.85. The molecule has 2 aliphatic heterocycles. The lowest BCUT2D eigenvalue weighted by atomic mass is 9.89. The monoisotopic (exact) mass is 426 g/mol. The molecule has 6 rings (SSSR count). The first-order chi connectivity index (χ1) is 15.4. The van der Waals surface area contributed by atoms with E-state index in [4.69, 9.17) is 0 Å². The van der Waals surface area contributed by atoms with Crippen LogP contribution in [0.25, 0.3) is 0 Å². The van der Waals surface area contributed by atoms with Gasteiger partial charge in [-0.1, -0.05) is 60.2 Å². The van der Waals surface area contributed by atoms with Gasteiger partial charge in [0.05, 0.1) is 17.8 Å². The maximum atomic E-state index is 13.7. The fourth-order valence-electron chi connectivity index (χ4n) is 5.93. The number of aromatic nitrogens is 2. The van der Waals surface area contributed by atoms with Crippen molar-refractivity contribution in [2.24, 2.45) is 5.92 Å². The number of fused-ring (bicyclic) bond motifs is 2. The van der Waals surface area contributed by atoms with E-state index in [2.05, 4.69) is 79.7 Å². The summed E-state index contributed by atoms with van der Waals surface area (Å²) < 4.78 is 2.01. The van der Waals surface area contributed by atoms with Gasteiger partial charge in [-0.05, 0) is 50.7 Å². The Balaban J connectivity index is 1.28. The van der Waals surface area contributed by atoms with Crippen molar-refractivity contribution in [2.75, 3.05) is 18.4 Å². The molecule has 1 amide bonds. The van der Waals surface area contributed by atoms with Crippen LogP contribution in [-0.2, 0) is 11.0 Å². The fraction of sp³-hybridized carbons (Fsp3) is 0.407. The minimum Gasteiger partial charge on any atom is -0.363 e. The van der Waals surface area contributed by atoms with Gasteiger partial charge in [-0.3, -0.25) is 4.79 Å². The molecule has 2 unspecified atom stereocenters. The van der Waals surface area contributed by atoms with Crippen LogP contribution < -0.4 is 5.32 Å². The Morgan fingerprint density at radius 1 is 1.06 bits per heavy atom. The normalized spacial score (nSPS) is 27.4. The number of likely N-dealkylation sites (tertiary alicyclic amines) is 1. The molecule has 1 saturated carbocycles. The van der Waals surface area contributed by atoms with E-state index < -0.39 is 0 Å². The van der Waals surface area contributed by atoms with E-state index in [1.54, 1.807) is 6.20 Å². The Kier molecular flexibility index (Phi) is 4.11. The molecule has 32 heavy (non-hydrogen) atoms. The summed E-state index contributed by atoms with van der Waals surface area (Å²) in [6, 6.07) is 19.5. The average Bonchev–Trinajstić information content (AvgIpc) is 3.13. The highest BCUT2D eigenvalue weighted by atomic mass is 16.2. The molecule has 3 heterocycles. The van der Waals surface area contributed by atoms with Gasteiger partial charge < -0.3 is 10.2 Å². The van der Waals surface area contributed by atoms with Crippen molar-refractivity contribution in [1.29, 1.82) is 0 Å². The lowest BCUT2D eigenvalue weighted by molar-refractivity contribution is 0.0772. The predicted molar refractivity (Wildman–Crippen MR) is 126 cm³/mol. The molecule has 3 aromatic rings. The van der Waals surface area contributed by atoms with Gasteiger partial charge in [-0.2, -0.15) is 5.10 Å². The number of carbonyl (C=O) groups excluding carboxylic acids is 1. The summed E-state index contributed by atoms with van der Waals surface area (Å²) in [5.41, 5.74) is 4.57. The Morgan fingerprint density at radius 3 is 2.56 bits per heavy atom. The van der Waals surface area contributed by atoms with Crippen molar-refractivity contribution in [1.82, 2.24) is 14.7 Å². The molecule has 1 N–H and O–H groups in total. The smallest absolute Gasteiger partial charge is 0.259 e. The second-order valence-electron chi connectivity index (χ2n) is 10.6. The molecule has 1 aromatic heterocycles. The molecule has 0 radical (unpaired) electrons. The third kappa shape index (κ3) is 2.90. The van der Waals surface area contributed by atoms with Gasteiger partial charge in [0.2, 0.25) is 0 Å². The summed E-state index contributed by atoms with van der Waals surface area (Å²) in [5.74, 6) is 1.52. The summed E-state index contributed by atoms with van der Waals surface area (Å²) in [6.07, 6.45) is 3.87. The number of hydrogen-bond donors (Lipinski definition) is 1. The second kappa shape index (κ2) is 6.71. The van der Waals surface area contributed by atoms with Crippen molar-refractivity contribution in [2.45, 2.75) is 50.6 Å². The van der Waals surface area contributed by atoms with Crippen molar-refractivity contribution >= 4 is 11.7 Å². The molecule has 1 saturated heterocycles. The number of nitrogens with one attached hydrogen (secondary N) is 1. The summed E-state index contributed by atoms with van der Waals surface area (Å²) in [5, 5.41) is 8.30. The number of benzene rings is 2. The molecule has 2 aromatic carbocycles. The predicted octanol–water partition coefficient (Wildman–Crippen LogP) is 4.90. The van der Waals surface area contributed by atoms with Crippen LogP contribution in [-0.4, -0.2) is 33.7 Å². The Morgan fingerprint density at radius 2 is 1.81 bits per heavy atom. The van der Waals surface area contributed by atoms with Crippen LogP contribution in [0.1, 0.15) is 59.8 Å². The number of carbonyl (C=O) groups is 1. The first-order valence-corrected chi connectivity index (χ1v) is 11.6. The zero-order valence-corrected chi connectivity index (χ0v) is 19.0. The van der Waals surface area contributed by atoms with E-state index >= 15 is 0 Å². The number of anilines is 1. The van der Waals surface area contributed by atoms with Crippen LogP contribution in [0.3, 0.4) is 0 Å². The summed E-state index contributed by atoms with van der Waals surface area (Å²) in [4.78, 5) is 15.7. The number of amides is 1. The van der Waals surface area contributed by atoms with Gasteiger partial charge in [0.1, 0.15) is 11.4 Å². The molecular formula is C27H30N4O. The number of nitrogens with zero attached hydrogens (tertiary/aromatic N) is 3. The first kappa shape index (κ1) is 19.6. The lowest BCUT2D eigenvalue weighted by Gasteiger charge is -2.38. The van der Waals surface area contributed by atoms with Crippen LogP contribution in [0, 0.1) is 12.8 Å². The minimum absolute atomic E-state index is 0.0990. The Bertz CT molecular complexity index is 1180. The number of piperidine rings is 1. The minimum atomic E-state index is -0.171. The van der Waals surface area contributed by atoms with E-state index in [1.165, 1.54) is 23.1 Å². The van der Waals surface area contributed by atoms with Crippen LogP contribution in [0.15, 0.2) is 60.8 Å². The van der Waals surface area contributed by atoms with E-state index in [0.29, 0.717) is 11.5 Å². The zero-order chi connectivity index (χ0) is 22.1. The molecule has 2 fully saturated rings. The average molecular weight is 427 g/mol. The van der Waals surface area contributed by atoms with Crippen LogP contribution in [0.5, 0.6) is 0 Å². The number of rotatable bonds is 3. The Hall–Kier alpha value is -3.08. The van der Waals surface area contributed by atoms with E-state index in [1.807, 2.05) is 15.6 Å². The van der Waals surface area contributed by atoms with Crippen molar-refractivity contribution < 1.29 is 4.79 Å². The van der Waals surface area contributed by atoms with Gasteiger partial charge in [0.15, 0.2) is 0 Å². The standard InChI is InChI=1S/C27H30N4O/c1-18-9-11-20(12-10-18)27-13-21(27)16-30(17-27)25(32)22-15-28-31-24(22)29-23(14-26(31,2)3)19-7-5-4-6-8-19/h4-12,15,21,23,29H,13-14,16-17H2,1-3H3/t21?,23-,27?/m1/s1. The molecule has 164 valence electrons. The van der Waals surface area contributed by atoms with Crippen molar-refractivity contribution in [3.63, 3.8) is 0 Å². The van der Waals surface area contributed by atoms with Crippen molar-refractivity contribution in [3.05, 3.63) is 83.0 Å². The lowest BCUT2D eigenvalue weighted by Crippen LogP contribution is -2.39. The van der Waals surface area contributed by atoms with Crippen LogP contribution >= 0.6 is 0 Å². The maximum Gasteiger partial charge on any atom is 0.259 e. The third-order valence-electron chi connectivity index (χ3n) is 7.85. The van der Waals surface area contributed by atoms with E-state index in [-0.39, 0.29) is 22.9 Å². The summed E-state index contributed by atoms with van der Waals surface area (Å²) >= 11 is 0. The van der Waals surface area contributed by atoms with Gasteiger partial charge >= 0.3 is 0 Å². The molecule has 1 aliphatic carbocycles. The highest BCUT2D eigenvalue weighted by Gasteiger charge is 2.61. The number of aryl methyl sites for hydroxylation is 1. The summed E-state index contributed by atoms with van der Waals surface area (Å²) in [6.45, 7) is 8.16. The maximum absolute atomic E-state index is 13.7. The van der Waals surface area contributed by atoms with Crippen LogP contribution in [0.4, 0.5) is 5.82 Å². The van der Waals surface area contributed by atoms with E-state index in [9.17, 15) is 4.79 Å². The molecule has 3 atom stereocenters. The van der Waals surface area contributed by atoms with Gasteiger partial charge in [0, 0.05) is 18.5 Å². The molecule has 5 nitrogen and oxygen atoms in total. The molecule has 3 aliphatic rings. The van der Waals surface area contributed by atoms with Gasteiger partial charge in [-0.25, -0.2) is 4.68 Å². The van der Waals surface area contributed by atoms with Crippen LogP contribution in [0.2, 0.25) is 0 Å². The fourth-order valence-corrected chi connectivity index (χ4v) is 5.93. The summed E-state index contributed by atoms with van der Waals surface area (Å²) in [7, 11) is 0. The number of hydrogen-bond acceptors (Lipinski definition) is 3. The van der Waals surface area contributed by atoms with Gasteiger partial charge in [0.25, 0.3) is 5.91 Å². The van der Waals surface area contributed by atoms with E-state index in [0.717, 1.165) is 25.3 Å². The largest absolute Gasteiger partial charge is 0.363 e. The topological polar surface area (TPSA) is 50.2 Å². The Labute approximate surface area is 189 Å². The van der Waals surface area contributed by atoms with Gasteiger partial charge in [-0.15, -0.1) is 0 Å². The highest BCUT2D eigenvalue weighted by Crippen LogP contribution is 2.59. The second-order valence-corrected chi connectivity index (χ2v) is 10.6. The molecule has 5 heteroatoms. The quantitative estimate of drug-likeness (QED) is 0.648. The van der Waals surface area contributed by atoms with Crippen molar-refractivity contribution in [3.8, 4) is 0 Å². The molecular weight excluding hydrogens is 396 g/mol.